The Labute approximate surface area is 172 Å². The molecule has 0 saturated heterocycles. The van der Waals surface area contributed by atoms with E-state index in [0.29, 0.717) is 0 Å². The first-order valence-electron chi connectivity index (χ1n) is 10.4. The van der Waals surface area contributed by atoms with Gasteiger partial charge in [-0.25, -0.2) is 4.98 Å². The van der Waals surface area contributed by atoms with Gasteiger partial charge in [-0.3, -0.25) is 9.48 Å². The van der Waals surface area contributed by atoms with Gasteiger partial charge in [0.25, 0.3) is 0 Å². The molecule has 3 rings (SSSR count). The number of ketones is 1. The number of carbonyl (C=O) groups is 1. The van der Waals surface area contributed by atoms with Gasteiger partial charge in [0.2, 0.25) is 0 Å². The third-order valence-electron chi connectivity index (χ3n) is 5.00. The van der Waals surface area contributed by atoms with Gasteiger partial charge in [-0.15, -0.1) is 0 Å². The number of aryl methyl sites for hydroxylation is 1. The Morgan fingerprint density at radius 3 is 2.10 bits per heavy atom. The van der Waals surface area contributed by atoms with Crippen molar-refractivity contribution in [3.8, 4) is 16.9 Å². The third kappa shape index (κ3) is 6.86. The monoisotopic (exact) mass is 391 g/mol. The molecule has 0 radical (unpaired) electrons. The summed E-state index contributed by atoms with van der Waals surface area (Å²) in [6.07, 6.45) is 10.5. The summed E-state index contributed by atoms with van der Waals surface area (Å²) in [5.74, 6) is 0.994. The molecule has 0 spiro atoms. The second-order valence-electron chi connectivity index (χ2n) is 7.29. The van der Waals surface area contributed by atoms with Gasteiger partial charge >= 0.3 is 0 Å². The highest BCUT2D eigenvalue weighted by Gasteiger charge is 2.02. The fourth-order valence-electron chi connectivity index (χ4n) is 3.26. The summed E-state index contributed by atoms with van der Waals surface area (Å²) < 4.78 is 7.75. The molecule has 1 aromatic heterocycles. The van der Waals surface area contributed by atoms with Gasteiger partial charge in [0.15, 0.2) is 5.78 Å². The van der Waals surface area contributed by atoms with Crippen LogP contribution >= 0.6 is 0 Å². The lowest BCUT2D eigenvalue weighted by Crippen LogP contribution is -1.98. The average Bonchev–Trinajstić information content (AvgIpc) is 3.26. The van der Waals surface area contributed by atoms with E-state index in [1.807, 2.05) is 41.1 Å². The van der Waals surface area contributed by atoms with Gasteiger partial charge in [0, 0.05) is 12.1 Å². The first-order valence-corrected chi connectivity index (χ1v) is 10.4. The van der Waals surface area contributed by atoms with Gasteiger partial charge in [0.05, 0.1) is 6.61 Å². The second-order valence-corrected chi connectivity index (χ2v) is 7.29. The van der Waals surface area contributed by atoms with Crippen molar-refractivity contribution in [2.45, 2.75) is 52.0 Å². The molecule has 0 aliphatic heterocycles. The Balaban J connectivity index is 1.28. The molecule has 1 heterocycles. The Kier molecular flexibility index (Phi) is 7.99. The lowest BCUT2D eigenvalue weighted by molar-refractivity contribution is 0.101. The lowest BCUT2D eigenvalue weighted by Gasteiger charge is -2.08. The minimum absolute atomic E-state index is 0.0899. The number of Topliss-reactive ketones (excluding diaryl/α,β-unsaturated/α-hetero) is 1. The van der Waals surface area contributed by atoms with E-state index in [4.69, 9.17) is 4.74 Å². The van der Waals surface area contributed by atoms with Gasteiger partial charge in [-0.2, -0.15) is 5.10 Å². The van der Waals surface area contributed by atoms with Crippen molar-refractivity contribution in [2.75, 3.05) is 6.61 Å². The fraction of sp³-hybridized carbons (Fsp3) is 0.375. The van der Waals surface area contributed by atoms with Crippen LogP contribution in [0, 0.1) is 0 Å². The van der Waals surface area contributed by atoms with Crippen LogP contribution in [-0.2, 0) is 6.54 Å². The molecule has 5 nitrogen and oxygen atoms in total. The number of hydrogen-bond donors (Lipinski definition) is 0. The Morgan fingerprint density at radius 1 is 0.862 bits per heavy atom. The first kappa shape index (κ1) is 20.8. The number of nitrogens with zero attached hydrogens (tertiary/aromatic N) is 3. The van der Waals surface area contributed by atoms with E-state index in [-0.39, 0.29) is 5.78 Å². The van der Waals surface area contributed by atoms with E-state index >= 15 is 0 Å². The fourth-order valence-corrected chi connectivity index (χ4v) is 3.26. The number of carbonyl (C=O) groups excluding carboxylic acids is 1. The predicted molar refractivity (Wildman–Crippen MR) is 115 cm³/mol. The maximum absolute atomic E-state index is 11.4. The van der Waals surface area contributed by atoms with E-state index in [2.05, 4.69) is 22.2 Å². The first-order chi connectivity index (χ1) is 14.2. The molecule has 2 aromatic carbocycles. The van der Waals surface area contributed by atoms with E-state index in [9.17, 15) is 4.79 Å². The van der Waals surface area contributed by atoms with Gasteiger partial charge in [-0.1, -0.05) is 62.1 Å². The highest BCUT2D eigenvalue weighted by atomic mass is 16.5. The van der Waals surface area contributed by atoms with Crippen molar-refractivity contribution in [2.24, 2.45) is 0 Å². The normalized spacial score (nSPS) is 10.8. The smallest absolute Gasteiger partial charge is 0.159 e. The molecule has 0 N–H and O–H groups in total. The summed E-state index contributed by atoms with van der Waals surface area (Å²) in [6, 6.07) is 15.9. The predicted octanol–water partition coefficient (Wildman–Crippen LogP) is 5.57. The molecule has 152 valence electrons. The minimum Gasteiger partial charge on any atom is -0.494 e. The maximum atomic E-state index is 11.4. The van der Waals surface area contributed by atoms with Crippen LogP contribution in [0.5, 0.6) is 5.75 Å². The van der Waals surface area contributed by atoms with Crippen LogP contribution in [-0.4, -0.2) is 27.2 Å². The number of unbranched alkanes of at least 4 members (excludes halogenated alkanes) is 5. The Hall–Kier alpha value is -2.95. The van der Waals surface area contributed by atoms with Gasteiger partial charge < -0.3 is 4.74 Å². The molecule has 0 unspecified atom stereocenters. The SMILES string of the molecule is CC(=O)c1ccc(-c2ccc(OCCCCCCCCn3cncn3)cc2)cc1. The molecule has 0 atom stereocenters. The molecule has 0 saturated carbocycles. The number of hydrogen-bond acceptors (Lipinski definition) is 4. The summed E-state index contributed by atoms with van der Waals surface area (Å²) in [5, 5.41) is 4.11. The van der Waals surface area contributed by atoms with Gasteiger partial charge in [0.1, 0.15) is 18.4 Å². The van der Waals surface area contributed by atoms with Crippen molar-refractivity contribution in [3.05, 3.63) is 66.7 Å². The van der Waals surface area contributed by atoms with E-state index in [1.54, 1.807) is 19.6 Å². The molecular formula is C24H29N3O2. The highest BCUT2D eigenvalue weighted by Crippen LogP contribution is 2.23. The van der Waals surface area contributed by atoms with Crippen molar-refractivity contribution in [1.82, 2.24) is 14.8 Å². The zero-order chi connectivity index (χ0) is 20.3. The zero-order valence-corrected chi connectivity index (χ0v) is 17.1. The molecule has 0 amide bonds. The largest absolute Gasteiger partial charge is 0.494 e. The van der Waals surface area contributed by atoms with Crippen LogP contribution in [0.25, 0.3) is 11.1 Å². The number of benzene rings is 2. The minimum atomic E-state index is 0.0899. The van der Waals surface area contributed by atoms with Crippen molar-refractivity contribution < 1.29 is 9.53 Å². The van der Waals surface area contributed by atoms with Crippen molar-refractivity contribution >= 4 is 5.78 Å². The zero-order valence-electron chi connectivity index (χ0n) is 17.1. The van der Waals surface area contributed by atoms with Crippen LogP contribution in [0.4, 0.5) is 0 Å². The molecule has 0 aliphatic rings. The topological polar surface area (TPSA) is 57.0 Å². The molecule has 0 bridgehead atoms. The van der Waals surface area contributed by atoms with Gasteiger partial charge in [-0.05, 0) is 43.0 Å². The Bertz CT molecular complexity index is 856. The number of aromatic nitrogens is 3. The lowest BCUT2D eigenvalue weighted by atomic mass is 10.0. The molecule has 3 aromatic rings. The Morgan fingerprint density at radius 2 is 1.48 bits per heavy atom. The van der Waals surface area contributed by atoms with Crippen LogP contribution in [0.2, 0.25) is 0 Å². The van der Waals surface area contributed by atoms with Crippen molar-refractivity contribution in [3.63, 3.8) is 0 Å². The third-order valence-corrected chi connectivity index (χ3v) is 5.00. The van der Waals surface area contributed by atoms with Crippen LogP contribution in [0.1, 0.15) is 55.8 Å². The van der Waals surface area contributed by atoms with E-state index in [1.165, 1.54) is 25.7 Å². The van der Waals surface area contributed by atoms with Crippen LogP contribution in [0.3, 0.4) is 0 Å². The highest BCUT2D eigenvalue weighted by molar-refractivity contribution is 5.94. The summed E-state index contributed by atoms with van der Waals surface area (Å²) in [4.78, 5) is 15.3. The standard InChI is InChI=1S/C24H29N3O2/c1-20(28)21-8-10-22(11-9-21)23-12-14-24(15-13-23)29-17-7-5-3-2-4-6-16-27-19-25-18-26-27/h8-15,18-19H,2-7,16-17H2,1H3. The second kappa shape index (κ2) is 11.1. The van der Waals surface area contributed by atoms with Crippen LogP contribution in [0.15, 0.2) is 61.2 Å². The average molecular weight is 392 g/mol. The molecule has 29 heavy (non-hydrogen) atoms. The molecule has 0 aliphatic carbocycles. The quantitative estimate of drug-likeness (QED) is 0.299. The summed E-state index contributed by atoms with van der Waals surface area (Å²) >= 11 is 0. The molecule has 5 heteroatoms. The molecule has 0 fully saturated rings. The summed E-state index contributed by atoms with van der Waals surface area (Å²) in [7, 11) is 0. The number of ether oxygens (including phenoxy) is 1. The van der Waals surface area contributed by atoms with E-state index < -0.39 is 0 Å². The maximum Gasteiger partial charge on any atom is 0.159 e. The molecular weight excluding hydrogens is 362 g/mol. The van der Waals surface area contributed by atoms with E-state index in [0.717, 1.165) is 48.4 Å². The summed E-state index contributed by atoms with van der Waals surface area (Å²) in [6.45, 7) is 3.30. The number of rotatable bonds is 12. The van der Waals surface area contributed by atoms with Crippen molar-refractivity contribution in [1.29, 1.82) is 0 Å². The summed E-state index contributed by atoms with van der Waals surface area (Å²) in [5.41, 5.74) is 2.97. The van der Waals surface area contributed by atoms with Crippen LogP contribution < -0.4 is 4.74 Å².